The smallest absolute Gasteiger partial charge is 0.308 e. The van der Waals surface area contributed by atoms with Crippen molar-refractivity contribution >= 4 is 17.8 Å². The van der Waals surface area contributed by atoms with Crippen molar-refractivity contribution in [3.8, 4) is 0 Å². The van der Waals surface area contributed by atoms with Crippen LogP contribution in [-0.2, 0) is 14.4 Å². The van der Waals surface area contributed by atoms with Crippen molar-refractivity contribution in [1.29, 1.82) is 0 Å². The van der Waals surface area contributed by atoms with Gasteiger partial charge in [0.15, 0.2) is 0 Å². The number of aliphatic carboxylic acids is 1. The first kappa shape index (κ1) is 16.8. The first-order chi connectivity index (χ1) is 10.6. The topological polar surface area (TPSA) is 95.5 Å². The molecule has 2 aliphatic carbocycles. The van der Waals surface area contributed by atoms with E-state index in [2.05, 4.69) is 10.6 Å². The highest BCUT2D eigenvalue weighted by Gasteiger charge is 2.33. The highest BCUT2D eigenvalue weighted by Crippen LogP contribution is 2.26. The fourth-order valence-corrected chi connectivity index (χ4v) is 3.59. The van der Waals surface area contributed by atoms with Gasteiger partial charge in [0, 0.05) is 12.5 Å². The quantitative estimate of drug-likeness (QED) is 0.692. The number of nitrogens with one attached hydrogen (secondary N) is 2. The maximum atomic E-state index is 11.8. The van der Waals surface area contributed by atoms with Crippen LogP contribution in [0.25, 0.3) is 0 Å². The van der Waals surface area contributed by atoms with Crippen molar-refractivity contribution in [1.82, 2.24) is 10.6 Å². The zero-order valence-electron chi connectivity index (χ0n) is 13.0. The van der Waals surface area contributed by atoms with E-state index >= 15 is 0 Å². The minimum Gasteiger partial charge on any atom is -0.481 e. The van der Waals surface area contributed by atoms with Crippen LogP contribution in [0.5, 0.6) is 0 Å². The molecule has 0 aromatic rings. The predicted octanol–water partition coefficient (Wildman–Crippen LogP) is 1.44. The summed E-state index contributed by atoms with van der Waals surface area (Å²) in [6.07, 6.45) is 8.45. The highest BCUT2D eigenvalue weighted by atomic mass is 16.4. The molecule has 124 valence electrons. The van der Waals surface area contributed by atoms with Crippen LogP contribution in [-0.4, -0.2) is 35.5 Å². The van der Waals surface area contributed by atoms with Gasteiger partial charge in [-0.1, -0.05) is 25.7 Å². The minimum atomic E-state index is -0.857. The summed E-state index contributed by atoms with van der Waals surface area (Å²) in [5.74, 6) is -1.28. The molecule has 0 aromatic carbocycles. The lowest BCUT2D eigenvalue weighted by Gasteiger charge is -2.21. The summed E-state index contributed by atoms with van der Waals surface area (Å²) in [5, 5.41) is 14.5. The number of carboxylic acid groups (broad SMARTS) is 1. The van der Waals surface area contributed by atoms with Crippen molar-refractivity contribution in [2.45, 2.75) is 63.8 Å². The molecule has 2 saturated carbocycles. The number of carbonyl (C=O) groups is 3. The molecule has 0 saturated heterocycles. The summed E-state index contributed by atoms with van der Waals surface area (Å²) in [6, 6.07) is -0.305. The lowest BCUT2D eigenvalue weighted by Crippen LogP contribution is -2.45. The Bertz CT molecular complexity index is 418. The van der Waals surface area contributed by atoms with Crippen LogP contribution in [0.3, 0.4) is 0 Å². The summed E-state index contributed by atoms with van der Waals surface area (Å²) in [7, 11) is 0. The third kappa shape index (κ3) is 5.00. The molecule has 0 bridgehead atoms. The van der Waals surface area contributed by atoms with Gasteiger partial charge in [-0.3, -0.25) is 14.4 Å². The van der Waals surface area contributed by atoms with Gasteiger partial charge in [-0.15, -0.1) is 0 Å². The van der Waals surface area contributed by atoms with Crippen molar-refractivity contribution in [2.75, 3.05) is 6.54 Å². The zero-order valence-corrected chi connectivity index (χ0v) is 13.0. The number of hydrogen-bond donors (Lipinski definition) is 3. The first-order valence-corrected chi connectivity index (χ1v) is 8.35. The molecular weight excluding hydrogens is 284 g/mol. The van der Waals surface area contributed by atoms with E-state index in [1.807, 2.05) is 0 Å². The lowest BCUT2D eigenvalue weighted by molar-refractivity contribution is -0.142. The van der Waals surface area contributed by atoms with Gasteiger partial charge in [0.2, 0.25) is 11.8 Å². The second-order valence-electron chi connectivity index (χ2n) is 6.53. The van der Waals surface area contributed by atoms with Gasteiger partial charge in [0.05, 0.1) is 12.5 Å². The number of carbonyl (C=O) groups excluding carboxylic acids is 2. The van der Waals surface area contributed by atoms with E-state index in [1.165, 1.54) is 19.3 Å². The first-order valence-electron chi connectivity index (χ1n) is 8.35. The normalized spacial score (nSPS) is 25.6. The van der Waals surface area contributed by atoms with Crippen LogP contribution in [0.4, 0.5) is 0 Å². The number of hydrogen-bond acceptors (Lipinski definition) is 3. The van der Waals surface area contributed by atoms with Crippen molar-refractivity contribution in [3.05, 3.63) is 0 Å². The van der Waals surface area contributed by atoms with Gasteiger partial charge < -0.3 is 15.7 Å². The van der Waals surface area contributed by atoms with Crippen LogP contribution in [0.2, 0.25) is 0 Å². The number of amides is 2. The number of carboxylic acids is 1. The van der Waals surface area contributed by atoms with Gasteiger partial charge >= 0.3 is 5.97 Å². The SMILES string of the molecule is O=C(CC1CCCCC1)NCC(=O)N[C@H]1CCC[C@H]1C(=O)O. The molecule has 0 aliphatic heterocycles. The average molecular weight is 310 g/mol. The molecule has 2 atom stereocenters. The van der Waals surface area contributed by atoms with Gasteiger partial charge in [-0.25, -0.2) is 0 Å². The monoisotopic (exact) mass is 310 g/mol. The molecule has 2 aliphatic rings. The van der Waals surface area contributed by atoms with Crippen LogP contribution < -0.4 is 10.6 Å². The third-order valence-electron chi connectivity index (χ3n) is 4.82. The Balaban J connectivity index is 1.66. The van der Waals surface area contributed by atoms with E-state index in [1.54, 1.807) is 0 Å². The maximum absolute atomic E-state index is 11.8. The molecule has 0 spiro atoms. The maximum Gasteiger partial charge on any atom is 0.308 e. The summed E-state index contributed by atoms with van der Waals surface area (Å²) >= 11 is 0. The molecule has 3 N–H and O–H groups in total. The molecule has 2 amide bonds. The van der Waals surface area contributed by atoms with E-state index in [0.717, 1.165) is 19.3 Å². The molecule has 6 heteroatoms. The van der Waals surface area contributed by atoms with Crippen molar-refractivity contribution in [2.24, 2.45) is 11.8 Å². The van der Waals surface area contributed by atoms with E-state index < -0.39 is 11.9 Å². The Labute approximate surface area is 131 Å². The fourth-order valence-electron chi connectivity index (χ4n) is 3.59. The second-order valence-corrected chi connectivity index (χ2v) is 6.53. The minimum absolute atomic E-state index is 0.0611. The Hall–Kier alpha value is -1.59. The largest absolute Gasteiger partial charge is 0.481 e. The predicted molar refractivity (Wildman–Crippen MR) is 81.1 cm³/mol. The molecule has 0 unspecified atom stereocenters. The second kappa shape index (κ2) is 8.15. The molecule has 0 heterocycles. The standard InChI is InChI=1S/C16H26N2O4/c19-14(9-11-5-2-1-3-6-11)17-10-15(20)18-13-8-4-7-12(13)16(21)22/h11-13H,1-10H2,(H,17,19)(H,18,20)(H,21,22)/t12-,13+/m1/s1. The summed E-state index contributed by atoms with van der Waals surface area (Å²) < 4.78 is 0. The van der Waals surface area contributed by atoms with E-state index in [4.69, 9.17) is 5.11 Å². The van der Waals surface area contributed by atoms with Gasteiger partial charge in [-0.2, -0.15) is 0 Å². The third-order valence-corrected chi connectivity index (χ3v) is 4.82. The molecule has 0 radical (unpaired) electrons. The van der Waals surface area contributed by atoms with Crippen LogP contribution in [0.1, 0.15) is 57.8 Å². The summed E-state index contributed by atoms with van der Waals surface area (Å²) in [5.41, 5.74) is 0. The van der Waals surface area contributed by atoms with E-state index in [-0.39, 0.29) is 24.4 Å². The Morgan fingerprint density at radius 2 is 1.64 bits per heavy atom. The van der Waals surface area contributed by atoms with Gasteiger partial charge in [0.25, 0.3) is 0 Å². The van der Waals surface area contributed by atoms with Crippen molar-refractivity contribution in [3.63, 3.8) is 0 Å². The molecule has 22 heavy (non-hydrogen) atoms. The molecule has 6 nitrogen and oxygen atoms in total. The zero-order chi connectivity index (χ0) is 15.9. The van der Waals surface area contributed by atoms with E-state index in [9.17, 15) is 14.4 Å². The Morgan fingerprint density at radius 3 is 2.32 bits per heavy atom. The Kier molecular flexibility index (Phi) is 6.21. The Morgan fingerprint density at radius 1 is 0.909 bits per heavy atom. The number of rotatable bonds is 6. The van der Waals surface area contributed by atoms with Crippen LogP contribution >= 0.6 is 0 Å². The average Bonchev–Trinajstić information content (AvgIpc) is 2.94. The van der Waals surface area contributed by atoms with Gasteiger partial charge in [-0.05, 0) is 31.6 Å². The summed E-state index contributed by atoms with van der Waals surface area (Å²) in [6.45, 7) is -0.0611. The van der Waals surface area contributed by atoms with Crippen molar-refractivity contribution < 1.29 is 19.5 Å². The van der Waals surface area contributed by atoms with Gasteiger partial charge in [0.1, 0.15) is 0 Å². The summed E-state index contributed by atoms with van der Waals surface area (Å²) in [4.78, 5) is 34.7. The molecule has 2 rings (SSSR count). The highest BCUT2D eigenvalue weighted by molar-refractivity contribution is 5.85. The van der Waals surface area contributed by atoms with E-state index in [0.29, 0.717) is 25.2 Å². The van der Waals surface area contributed by atoms with Crippen LogP contribution in [0, 0.1) is 11.8 Å². The molecule has 2 fully saturated rings. The molecule has 0 aromatic heterocycles. The lowest BCUT2D eigenvalue weighted by atomic mass is 9.87. The van der Waals surface area contributed by atoms with Crippen LogP contribution in [0.15, 0.2) is 0 Å². The fraction of sp³-hybridized carbons (Fsp3) is 0.812. The molecular formula is C16H26N2O4.